The predicted octanol–water partition coefficient (Wildman–Crippen LogP) is 1.73. The zero-order valence-corrected chi connectivity index (χ0v) is 10.3. The van der Waals surface area contributed by atoms with Gasteiger partial charge in [-0.3, -0.25) is 4.68 Å². The summed E-state index contributed by atoms with van der Waals surface area (Å²) in [7, 11) is 1.99. The van der Waals surface area contributed by atoms with Gasteiger partial charge in [0.05, 0.1) is 24.4 Å². The standard InChI is InChI=1S/C12H21N3O/c1-4-15-8-10(7-14-15)12(13-3)11-6-5-9(2)16-11/h7-9,11-13H,4-6H2,1-3H3. The molecule has 4 heteroatoms. The molecule has 1 saturated heterocycles. The molecule has 2 rings (SSSR count). The quantitative estimate of drug-likeness (QED) is 0.845. The van der Waals surface area contributed by atoms with Crippen molar-refractivity contribution in [3.05, 3.63) is 18.0 Å². The van der Waals surface area contributed by atoms with Crippen molar-refractivity contribution in [3.63, 3.8) is 0 Å². The molecule has 0 aromatic carbocycles. The molecular formula is C12H21N3O. The van der Waals surface area contributed by atoms with Crippen LogP contribution in [0.4, 0.5) is 0 Å². The molecule has 1 aliphatic heterocycles. The van der Waals surface area contributed by atoms with Gasteiger partial charge in [0.1, 0.15) is 0 Å². The highest BCUT2D eigenvalue weighted by atomic mass is 16.5. The summed E-state index contributed by atoms with van der Waals surface area (Å²) in [6, 6.07) is 0.269. The van der Waals surface area contributed by atoms with Gasteiger partial charge in [-0.15, -0.1) is 0 Å². The van der Waals surface area contributed by atoms with Crippen LogP contribution in [0.3, 0.4) is 0 Å². The molecule has 0 aliphatic carbocycles. The van der Waals surface area contributed by atoms with Crippen molar-refractivity contribution >= 4 is 0 Å². The summed E-state index contributed by atoms with van der Waals surface area (Å²) in [4.78, 5) is 0. The van der Waals surface area contributed by atoms with E-state index in [0.717, 1.165) is 19.4 Å². The van der Waals surface area contributed by atoms with Gasteiger partial charge in [0.15, 0.2) is 0 Å². The highest BCUT2D eigenvalue weighted by Gasteiger charge is 2.30. The summed E-state index contributed by atoms with van der Waals surface area (Å²) in [5.41, 5.74) is 1.23. The van der Waals surface area contributed by atoms with E-state index in [0.29, 0.717) is 6.10 Å². The van der Waals surface area contributed by atoms with Crippen molar-refractivity contribution < 1.29 is 4.74 Å². The molecule has 1 aromatic rings. The van der Waals surface area contributed by atoms with Crippen LogP contribution in [0.5, 0.6) is 0 Å². The van der Waals surface area contributed by atoms with Crippen LogP contribution in [-0.4, -0.2) is 29.0 Å². The monoisotopic (exact) mass is 223 g/mol. The maximum Gasteiger partial charge on any atom is 0.0775 e. The summed E-state index contributed by atoms with van der Waals surface area (Å²) in [6.07, 6.45) is 7.01. The van der Waals surface area contributed by atoms with Crippen LogP contribution >= 0.6 is 0 Å². The molecule has 1 N–H and O–H groups in total. The smallest absolute Gasteiger partial charge is 0.0775 e. The van der Waals surface area contributed by atoms with Crippen LogP contribution in [0.25, 0.3) is 0 Å². The van der Waals surface area contributed by atoms with Crippen molar-refractivity contribution in [2.75, 3.05) is 7.05 Å². The first-order chi connectivity index (χ1) is 7.74. The molecule has 0 radical (unpaired) electrons. The van der Waals surface area contributed by atoms with Crippen molar-refractivity contribution in [2.45, 2.75) is 51.5 Å². The lowest BCUT2D eigenvalue weighted by molar-refractivity contribution is 0.0333. The number of aromatic nitrogens is 2. The molecule has 0 saturated carbocycles. The van der Waals surface area contributed by atoms with Crippen molar-refractivity contribution in [3.8, 4) is 0 Å². The molecule has 0 bridgehead atoms. The topological polar surface area (TPSA) is 39.1 Å². The van der Waals surface area contributed by atoms with E-state index in [1.807, 2.05) is 17.9 Å². The zero-order chi connectivity index (χ0) is 11.5. The Balaban J connectivity index is 2.09. The second-order valence-electron chi connectivity index (χ2n) is 4.46. The normalized spacial score (nSPS) is 27.2. The molecular weight excluding hydrogens is 202 g/mol. The van der Waals surface area contributed by atoms with E-state index >= 15 is 0 Å². The number of hydrogen-bond acceptors (Lipinski definition) is 3. The largest absolute Gasteiger partial charge is 0.373 e. The number of rotatable bonds is 4. The highest BCUT2D eigenvalue weighted by Crippen LogP contribution is 2.29. The molecule has 1 fully saturated rings. The fraction of sp³-hybridized carbons (Fsp3) is 0.750. The lowest BCUT2D eigenvalue weighted by Crippen LogP contribution is -2.29. The van der Waals surface area contributed by atoms with Crippen molar-refractivity contribution in [2.24, 2.45) is 0 Å². The maximum absolute atomic E-state index is 5.91. The first kappa shape index (κ1) is 11.6. The number of likely N-dealkylation sites (N-methyl/N-ethyl adjacent to an activating group) is 1. The van der Waals surface area contributed by atoms with E-state index in [4.69, 9.17) is 4.74 Å². The van der Waals surface area contributed by atoms with E-state index in [1.165, 1.54) is 5.56 Å². The molecule has 16 heavy (non-hydrogen) atoms. The molecule has 1 aliphatic rings. The molecule has 90 valence electrons. The Morgan fingerprint density at radius 1 is 1.62 bits per heavy atom. The maximum atomic E-state index is 5.91. The molecule has 4 nitrogen and oxygen atoms in total. The average molecular weight is 223 g/mol. The summed E-state index contributed by atoms with van der Waals surface area (Å²) < 4.78 is 7.87. The van der Waals surface area contributed by atoms with Gasteiger partial charge in [0.2, 0.25) is 0 Å². The Morgan fingerprint density at radius 3 is 2.94 bits per heavy atom. The minimum absolute atomic E-state index is 0.269. The summed E-state index contributed by atoms with van der Waals surface area (Å²) in [5.74, 6) is 0. The average Bonchev–Trinajstić information content (AvgIpc) is 2.89. The van der Waals surface area contributed by atoms with Crippen LogP contribution in [0.15, 0.2) is 12.4 Å². The van der Waals surface area contributed by atoms with Crippen molar-refractivity contribution in [1.82, 2.24) is 15.1 Å². The number of nitrogens with zero attached hydrogens (tertiary/aromatic N) is 2. The third kappa shape index (κ3) is 2.28. The Labute approximate surface area is 97.0 Å². The Kier molecular flexibility index (Phi) is 3.61. The Hall–Kier alpha value is -0.870. The molecule has 1 aromatic heterocycles. The van der Waals surface area contributed by atoms with Crippen LogP contribution in [-0.2, 0) is 11.3 Å². The first-order valence-corrected chi connectivity index (χ1v) is 6.09. The molecule has 0 spiro atoms. The molecule has 3 unspecified atom stereocenters. The van der Waals surface area contributed by atoms with Crippen molar-refractivity contribution in [1.29, 1.82) is 0 Å². The lowest BCUT2D eigenvalue weighted by Gasteiger charge is -2.21. The van der Waals surface area contributed by atoms with E-state index in [-0.39, 0.29) is 12.1 Å². The van der Waals surface area contributed by atoms with E-state index in [9.17, 15) is 0 Å². The van der Waals surface area contributed by atoms with E-state index < -0.39 is 0 Å². The molecule has 2 heterocycles. The minimum Gasteiger partial charge on any atom is -0.373 e. The number of aryl methyl sites for hydroxylation is 1. The van der Waals surface area contributed by atoms with Gasteiger partial charge >= 0.3 is 0 Å². The molecule has 3 atom stereocenters. The van der Waals surface area contributed by atoms with Gasteiger partial charge in [-0.1, -0.05) is 0 Å². The van der Waals surface area contributed by atoms with Gasteiger partial charge in [0.25, 0.3) is 0 Å². The van der Waals surface area contributed by atoms with Gasteiger partial charge in [-0.2, -0.15) is 5.10 Å². The number of ether oxygens (including phenoxy) is 1. The second-order valence-corrected chi connectivity index (χ2v) is 4.46. The van der Waals surface area contributed by atoms with Crippen LogP contribution < -0.4 is 5.32 Å². The van der Waals surface area contributed by atoms with Crippen LogP contribution in [0, 0.1) is 0 Å². The van der Waals surface area contributed by atoms with E-state index in [2.05, 4.69) is 30.5 Å². The van der Waals surface area contributed by atoms with Gasteiger partial charge in [0, 0.05) is 18.3 Å². The van der Waals surface area contributed by atoms with Crippen LogP contribution in [0.2, 0.25) is 0 Å². The Bertz CT molecular complexity index is 337. The van der Waals surface area contributed by atoms with Gasteiger partial charge < -0.3 is 10.1 Å². The third-order valence-electron chi connectivity index (χ3n) is 3.28. The zero-order valence-electron chi connectivity index (χ0n) is 10.3. The highest BCUT2D eigenvalue weighted by molar-refractivity contribution is 5.13. The molecule has 0 amide bonds. The summed E-state index contributed by atoms with van der Waals surface area (Å²) >= 11 is 0. The van der Waals surface area contributed by atoms with E-state index in [1.54, 1.807) is 0 Å². The Morgan fingerprint density at radius 2 is 2.44 bits per heavy atom. The number of nitrogens with one attached hydrogen (secondary N) is 1. The van der Waals surface area contributed by atoms with Gasteiger partial charge in [-0.25, -0.2) is 0 Å². The van der Waals surface area contributed by atoms with Gasteiger partial charge in [-0.05, 0) is 33.7 Å². The third-order valence-corrected chi connectivity index (χ3v) is 3.28. The fourth-order valence-corrected chi connectivity index (χ4v) is 2.36. The van der Waals surface area contributed by atoms with Crippen LogP contribution in [0.1, 0.15) is 38.3 Å². The summed E-state index contributed by atoms with van der Waals surface area (Å²) in [5, 5.41) is 7.65. The predicted molar refractivity (Wildman–Crippen MR) is 63.3 cm³/mol. The SMILES string of the molecule is CCn1cc(C(NC)C2CCC(C)O2)cn1. The second kappa shape index (κ2) is 4.97. The summed E-state index contributed by atoms with van der Waals surface area (Å²) in [6.45, 7) is 5.15. The number of hydrogen-bond donors (Lipinski definition) is 1. The lowest BCUT2D eigenvalue weighted by atomic mass is 10.0. The minimum atomic E-state index is 0.269. The fourth-order valence-electron chi connectivity index (χ4n) is 2.36. The first-order valence-electron chi connectivity index (χ1n) is 6.09.